The minimum absolute atomic E-state index is 0.189. The van der Waals surface area contributed by atoms with Crippen molar-refractivity contribution in [1.29, 1.82) is 0 Å². The normalized spacial score (nSPS) is 15.2. The number of nitrogens with one attached hydrogen (secondary N) is 1. The molecular weight excluding hydrogens is 326 g/mol. The fourth-order valence-corrected chi connectivity index (χ4v) is 3.32. The Morgan fingerprint density at radius 3 is 1.96 bits per heavy atom. The molecule has 2 aromatic rings. The van der Waals surface area contributed by atoms with Crippen molar-refractivity contribution in [2.24, 2.45) is 5.92 Å². The minimum atomic E-state index is -0.891. The van der Waals surface area contributed by atoms with Crippen LogP contribution in [0.25, 0.3) is 0 Å². The number of ether oxygens (including phenoxy) is 1. The third-order valence-corrected chi connectivity index (χ3v) is 5.21. The summed E-state index contributed by atoms with van der Waals surface area (Å²) in [6, 6.07) is 18.7. The highest BCUT2D eigenvalue weighted by Gasteiger charge is 2.40. The zero-order valence-corrected chi connectivity index (χ0v) is 15.3. The second kappa shape index (κ2) is 7.73. The molecule has 1 fully saturated rings. The summed E-state index contributed by atoms with van der Waals surface area (Å²) in [6.07, 6.45) is 2.86. The molecule has 1 N–H and O–H groups in total. The zero-order valence-electron chi connectivity index (χ0n) is 15.3. The van der Waals surface area contributed by atoms with Gasteiger partial charge in [0.1, 0.15) is 6.04 Å². The van der Waals surface area contributed by atoms with Gasteiger partial charge in [-0.2, -0.15) is 0 Å². The molecule has 4 heteroatoms. The van der Waals surface area contributed by atoms with Crippen LogP contribution in [0.2, 0.25) is 0 Å². The average molecular weight is 351 g/mol. The van der Waals surface area contributed by atoms with Crippen LogP contribution in [0.4, 0.5) is 0 Å². The number of benzene rings is 2. The van der Waals surface area contributed by atoms with Gasteiger partial charge in [-0.25, -0.2) is 4.79 Å². The molecule has 0 aromatic heterocycles. The molecule has 0 bridgehead atoms. The summed E-state index contributed by atoms with van der Waals surface area (Å²) in [5, 5.41) is 2.96. The van der Waals surface area contributed by atoms with Crippen LogP contribution < -0.4 is 5.32 Å². The second-order valence-electron chi connectivity index (χ2n) is 7.09. The number of amides is 1. The predicted octanol–water partition coefficient (Wildman–Crippen LogP) is 3.45. The first kappa shape index (κ1) is 18.2. The Labute approximate surface area is 154 Å². The lowest BCUT2D eigenvalue weighted by molar-refractivity contribution is -0.145. The van der Waals surface area contributed by atoms with E-state index in [1.165, 1.54) is 7.11 Å². The Balaban J connectivity index is 1.93. The molecule has 1 saturated carbocycles. The van der Waals surface area contributed by atoms with Crippen LogP contribution in [-0.2, 0) is 19.7 Å². The van der Waals surface area contributed by atoms with E-state index in [-0.39, 0.29) is 11.9 Å². The average Bonchev–Trinajstić information content (AvgIpc) is 3.51. The summed E-state index contributed by atoms with van der Waals surface area (Å²) in [5.41, 5.74) is 0.885. The van der Waals surface area contributed by atoms with E-state index >= 15 is 0 Å². The Hall–Kier alpha value is -2.62. The molecule has 1 atom stereocenters. The molecule has 3 rings (SSSR count). The van der Waals surface area contributed by atoms with Gasteiger partial charge in [-0.05, 0) is 30.4 Å². The van der Waals surface area contributed by atoms with E-state index in [1.54, 1.807) is 0 Å². The van der Waals surface area contributed by atoms with E-state index in [0.29, 0.717) is 12.3 Å². The number of carbonyl (C=O) groups is 2. The fraction of sp³-hybridized carbons (Fsp3) is 0.364. The molecule has 0 heterocycles. The fourth-order valence-electron chi connectivity index (χ4n) is 3.32. The Morgan fingerprint density at radius 1 is 1.04 bits per heavy atom. The molecule has 0 aliphatic heterocycles. The number of rotatable bonds is 7. The molecule has 0 radical (unpaired) electrons. The molecule has 1 amide bonds. The summed E-state index contributed by atoms with van der Waals surface area (Å²) in [4.78, 5) is 25.6. The third kappa shape index (κ3) is 3.79. The van der Waals surface area contributed by atoms with Crippen molar-refractivity contribution in [3.8, 4) is 0 Å². The van der Waals surface area contributed by atoms with Crippen LogP contribution in [0.3, 0.4) is 0 Å². The van der Waals surface area contributed by atoms with E-state index in [1.807, 2.05) is 67.6 Å². The lowest BCUT2D eigenvalue weighted by atomic mass is 9.75. The Kier molecular flexibility index (Phi) is 5.40. The largest absolute Gasteiger partial charge is 0.467 e. The van der Waals surface area contributed by atoms with Gasteiger partial charge in [-0.1, -0.05) is 73.5 Å². The van der Waals surface area contributed by atoms with Gasteiger partial charge in [-0.15, -0.1) is 0 Å². The van der Waals surface area contributed by atoms with Crippen molar-refractivity contribution in [3.05, 3.63) is 71.8 Å². The molecule has 26 heavy (non-hydrogen) atoms. The zero-order chi connectivity index (χ0) is 18.6. The third-order valence-electron chi connectivity index (χ3n) is 5.21. The van der Waals surface area contributed by atoms with Gasteiger partial charge in [0, 0.05) is 0 Å². The Morgan fingerprint density at radius 2 is 1.54 bits per heavy atom. The molecule has 1 aliphatic rings. The first-order chi connectivity index (χ1) is 12.6. The first-order valence-electron chi connectivity index (χ1n) is 9.05. The lowest BCUT2D eigenvalue weighted by Gasteiger charge is -2.31. The monoisotopic (exact) mass is 351 g/mol. The van der Waals surface area contributed by atoms with Crippen molar-refractivity contribution < 1.29 is 14.3 Å². The van der Waals surface area contributed by atoms with Crippen LogP contribution in [0.5, 0.6) is 0 Å². The van der Waals surface area contributed by atoms with Crippen LogP contribution in [0.1, 0.15) is 37.3 Å². The standard InChI is InChI=1S/C22H25NO3/c1-22(17-9-5-3-6-10-17,18-11-7-4-8-12-18)21(25)23-19(20(24)26-2)15-16-13-14-16/h3-12,16,19H,13-15H2,1-2H3,(H,23,25)/t19-/m0/s1. The molecule has 4 nitrogen and oxygen atoms in total. The van der Waals surface area contributed by atoms with Gasteiger partial charge < -0.3 is 10.1 Å². The number of hydrogen-bond acceptors (Lipinski definition) is 3. The molecule has 136 valence electrons. The Bertz CT molecular complexity index is 714. The van der Waals surface area contributed by atoms with Crippen molar-refractivity contribution in [2.45, 2.75) is 37.6 Å². The van der Waals surface area contributed by atoms with Crippen LogP contribution in [-0.4, -0.2) is 25.0 Å². The highest BCUT2D eigenvalue weighted by atomic mass is 16.5. The van der Waals surface area contributed by atoms with Crippen molar-refractivity contribution in [3.63, 3.8) is 0 Å². The van der Waals surface area contributed by atoms with Crippen LogP contribution in [0.15, 0.2) is 60.7 Å². The second-order valence-corrected chi connectivity index (χ2v) is 7.09. The van der Waals surface area contributed by atoms with E-state index < -0.39 is 11.5 Å². The number of methoxy groups -OCH3 is 1. The van der Waals surface area contributed by atoms with Gasteiger partial charge in [-0.3, -0.25) is 4.79 Å². The first-order valence-corrected chi connectivity index (χ1v) is 9.05. The maximum atomic E-state index is 13.4. The van der Waals surface area contributed by atoms with Crippen molar-refractivity contribution >= 4 is 11.9 Å². The molecule has 0 unspecified atom stereocenters. The lowest BCUT2D eigenvalue weighted by Crippen LogP contribution is -2.50. The highest BCUT2D eigenvalue weighted by Crippen LogP contribution is 2.35. The number of hydrogen-bond donors (Lipinski definition) is 1. The summed E-state index contributed by atoms with van der Waals surface area (Å²) in [5.74, 6) is -0.0706. The van der Waals surface area contributed by atoms with Crippen LogP contribution in [0, 0.1) is 5.92 Å². The summed E-state index contributed by atoms with van der Waals surface area (Å²) in [7, 11) is 1.36. The summed E-state index contributed by atoms with van der Waals surface area (Å²) in [6.45, 7) is 1.90. The van der Waals surface area contributed by atoms with Gasteiger partial charge in [0.25, 0.3) is 0 Å². The van der Waals surface area contributed by atoms with Gasteiger partial charge in [0.05, 0.1) is 12.5 Å². The van der Waals surface area contributed by atoms with E-state index in [4.69, 9.17) is 4.74 Å². The minimum Gasteiger partial charge on any atom is -0.467 e. The summed E-state index contributed by atoms with van der Waals surface area (Å²) < 4.78 is 4.91. The van der Waals surface area contributed by atoms with E-state index in [2.05, 4.69) is 5.32 Å². The molecule has 0 saturated heterocycles. The van der Waals surface area contributed by atoms with Gasteiger partial charge in [0.2, 0.25) is 5.91 Å². The van der Waals surface area contributed by atoms with Crippen molar-refractivity contribution in [1.82, 2.24) is 5.32 Å². The number of esters is 1. The van der Waals surface area contributed by atoms with E-state index in [9.17, 15) is 9.59 Å². The quantitative estimate of drug-likeness (QED) is 0.778. The predicted molar refractivity (Wildman–Crippen MR) is 101 cm³/mol. The van der Waals surface area contributed by atoms with Gasteiger partial charge in [0.15, 0.2) is 0 Å². The van der Waals surface area contributed by atoms with E-state index in [0.717, 1.165) is 24.0 Å². The molecule has 2 aromatic carbocycles. The SMILES string of the molecule is COC(=O)[C@H](CC1CC1)NC(=O)C(C)(c1ccccc1)c1ccccc1. The topological polar surface area (TPSA) is 55.4 Å². The molecular formula is C22H25NO3. The number of carbonyl (C=O) groups excluding carboxylic acids is 2. The smallest absolute Gasteiger partial charge is 0.328 e. The van der Waals surface area contributed by atoms with Crippen LogP contribution >= 0.6 is 0 Å². The maximum absolute atomic E-state index is 13.4. The summed E-state index contributed by atoms with van der Waals surface area (Å²) >= 11 is 0. The highest BCUT2D eigenvalue weighted by molar-refractivity contribution is 5.94. The van der Waals surface area contributed by atoms with Crippen molar-refractivity contribution in [2.75, 3.05) is 7.11 Å². The maximum Gasteiger partial charge on any atom is 0.328 e. The molecule has 1 aliphatic carbocycles. The van der Waals surface area contributed by atoms with Gasteiger partial charge >= 0.3 is 5.97 Å². The molecule has 0 spiro atoms.